The number of rotatable bonds is 3. The first-order valence-corrected chi connectivity index (χ1v) is 7.94. The lowest BCUT2D eigenvalue weighted by molar-refractivity contribution is 0.391. The van der Waals surface area contributed by atoms with E-state index in [1.165, 1.54) is 5.56 Å². The van der Waals surface area contributed by atoms with Crippen molar-refractivity contribution in [1.82, 2.24) is 0 Å². The SMILES string of the molecule is CC(Br)C(C)(c1ccccc1)C1(Br)C=CC=CC1. The molecule has 0 spiro atoms. The largest absolute Gasteiger partial charge is 0.0883 e. The number of hydrogen-bond acceptors (Lipinski definition) is 0. The number of alkyl halides is 2. The van der Waals surface area contributed by atoms with E-state index in [0.717, 1.165) is 6.42 Å². The van der Waals surface area contributed by atoms with Gasteiger partial charge in [-0.1, -0.05) is 100 Å². The molecule has 2 rings (SSSR count). The average Bonchev–Trinajstić information content (AvgIpc) is 2.39. The highest BCUT2D eigenvalue weighted by Gasteiger charge is 2.48. The summed E-state index contributed by atoms with van der Waals surface area (Å²) in [5.41, 5.74) is 1.35. The van der Waals surface area contributed by atoms with Gasteiger partial charge in [0.25, 0.3) is 0 Å². The summed E-state index contributed by atoms with van der Waals surface area (Å²) >= 11 is 7.80. The first kappa shape index (κ1) is 14.1. The van der Waals surface area contributed by atoms with Crippen LogP contribution in [0, 0.1) is 0 Å². The first-order valence-electron chi connectivity index (χ1n) is 6.23. The van der Waals surface area contributed by atoms with Crippen LogP contribution in [0.25, 0.3) is 0 Å². The molecule has 0 nitrogen and oxygen atoms in total. The van der Waals surface area contributed by atoms with Crippen molar-refractivity contribution in [3.63, 3.8) is 0 Å². The van der Waals surface area contributed by atoms with Crippen LogP contribution in [-0.4, -0.2) is 9.15 Å². The minimum Gasteiger partial charge on any atom is -0.0883 e. The van der Waals surface area contributed by atoms with Crippen molar-refractivity contribution in [2.24, 2.45) is 0 Å². The molecule has 1 aromatic rings. The van der Waals surface area contributed by atoms with Crippen LogP contribution in [0.3, 0.4) is 0 Å². The van der Waals surface area contributed by atoms with E-state index in [9.17, 15) is 0 Å². The Morgan fingerprint density at radius 2 is 1.89 bits per heavy atom. The molecule has 0 saturated carbocycles. The highest BCUT2D eigenvalue weighted by molar-refractivity contribution is 9.10. The third-order valence-corrected chi connectivity index (χ3v) is 6.38. The maximum atomic E-state index is 3.99. The Hall–Kier alpha value is -0.340. The van der Waals surface area contributed by atoms with Gasteiger partial charge in [0, 0.05) is 10.2 Å². The van der Waals surface area contributed by atoms with E-state index in [1.54, 1.807) is 0 Å². The molecule has 0 fully saturated rings. The maximum Gasteiger partial charge on any atom is 0.0578 e. The fraction of sp³-hybridized carbons (Fsp3) is 0.375. The molecule has 3 atom stereocenters. The maximum absolute atomic E-state index is 3.99. The van der Waals surface area contributed by atoms with Crippen LogP contribution in [-0.2, 0) is 5.41 Å². The van der Waals surface area contributed by atoms with Gasteiger partial charge in [-0.2, -0.15) is 0 Å². The lowest BCUT2D eigenvalue weighted by Gasteiger charge is -2.46. The van der Waals surface area contributed by atoms with Gasteiger partial charge in [-0.05, 0) is 12.0 Å². The van der Waals surface area contributed by atoms with Crippen molar-refractivity contribution in [3.8, 4) is 0 Å². The summed E-state index contributed by atoms with van der Waals surface area (Å²) in [6.45, 7) is 4.54. The van der Waals surface area contributed by atoms with E-state index in [4.69, 9.17) is 0 Å². The van der Waals surface area contributed by atoms with Crippen LogP contribution < -0.4 is 0 Å². The van der Waals surface area contributed by atoms with E-state index in [1.807, 2.05) is 0 Å². The lowest BCUT2D eigenvalue weighted by atomic mass is 9.67. The molecule has 0 aromatic heterocycles. The minimum absolute atomic E-state index is 0.00444. The van der Waals surface area contributed by atoms with Crippen molar-refractivity contribution in [1.29, 1.82) is 0 Å². The Bertz CT molecular complexity index is 461. The highest BCUT2D eigenvalue weighted by atomic mass is 79.9. The summed E-state index contributed by atoms with van der Waals surface area (Å²) < 4.78 is -0.0426. The van der Waals surface area contributed by atoms with Gasteiger partial charge in [0.05, 0.1) is 4.32 Å². The molecule has 2 heteroatoms. The molecule has 0 heterocycles. The van der Waals surface area contributed by atoms with E-state index in [0.29, 0.717) is 4.83 Å². The lowest BCUT2D eigenvalue weighted by Crippen LogP contribution is -2.49. The predicted octanol–water partition coefficient (Wildman–Crippen LogP) is 5.38. The Morgan fingerprint density at radius 1 is 1.22 bits per heavy atom. The Labute approximate surface area is 126 Å². The fourth-order valence-electron chi connectivity index (χ4n) is 2.56. The van der Waals surface area contributed by atoms with E-state index >= 15 is 0 Å². The summed E-state index contributed by atoms with van der Waals surface area (Å²) in [6, 6.07) is 10.7. The van der Waals surface area contributed by atoms with Gasteiger partial charge >= 0.3 is 0 Å². The standard InChI is InChI=1S/C16H18Br2/c1-13(17)15(2,14-9-5-3-6-10-14)16(18)11-7-4-8-12-16/h3-11,13H,12H2,1-2H3. The molecule has 18 heavy (non-hydrogen) atoms. The molecular formula is C16H18Br2. The molecule has 1 aliphatic carbocycles. The smallest absolute Gasteiger partial charge is 0.0578 e. The molecule has 1 aromatic carbocycles. The molecule has 3 unspecified atom stereocenters. The topological polar surface area (TPSA) is 0 Å². The van der Waals surface area contributed by atoms with Gasteiger partial charge in [0.1, 0.15) is 0 Å². The third kappa shape index (κ3) is 2.25. The van der Waals surface area contributed by atoms with E-state index < -0.39 is 0 Å². The Kier molecular flexibility index (Phi) is 4.18. The number of allylic oxidation sites excluding steroid dienone is 4. The van der Waals surface area contributed by atoms with Crippen LogP contribution in [0.15, 0.2) is 54.6 Å². The van der Waals surface area contributed by atoms with Gasteiger partial charge < -0.3 is 0 Å². The summed E-state index contributed by atoms with van der Waals surface area (Å²) in [5, 5.41) is 0. The average molecular weight is 370 g/mol. The monoisotopic (exact) mass is 368 g/mol. The van der Waals surface area contributed by atoms with Crippen molar-refractivity contribution in [2.45, 2.75) is 34.8 Å². The fourth-order valence-corrected chi connectivity index (χ4v) is 4.46. The molecule has 96 valence electrons. The van der Waals surface area contributed by atoms with Gasteiger partial charge in [-0.25, -0.2) is 0 Å². The quantitative estimate of drug-likeness (QED) is 0.627. The molecule has 1 aliphatic rings. The van der Waals surface area contributed by atoms with Gasteiger partial charge in [0.2, 0.25) is 0 Å². The van der Waals surface area contributed by atoms with Crippen LogP contribution in [0.2, 0.25) is 0 Å². The molecular weight excluding hydrogens is 352 g/mol. The zero-order chi connectivity index (χ0) is 13.2. The molecule has 0 saturated heterocycles. The molecule has 0 radical (unpaired) electrons. The number of hydrogen-bond donors (Lipinski definition) is 0. The summed E-state index contributed by atoms with van der Waals surface area (Å²) in [6.07, 6.45) is 9.76. The highest BCUT2D eigenvalue weighted by Crippen LogP contribution is 2.50. The van der Waals surface area contributed by atoms with Crippen LogP contribution >= 0.6 is 31.9 Å². The van der Waals surface area contributed by atoms with Crippen LogP contribution in [0.4, 0.5) is 0 Å². The summed E-state index contributed by atoms with van der Waals surface area (Å²) in [4.78, 5) is 0.364. The van der Waals surface area contributed by atoms with Crippen molar-refractivity contribution in [2.75, 3.05) is 0 Å². The third-order valence-electron chi connectivity index (χ3n) is 4.05. The first-order chi connectivity index (χ1) is 8.51. The van der Waals surface area contributed by atoms with E-state index in [-0.39, 0.29) is 9.74 Å². The van der Waals surface area contributed by atoms with Gasteiger partial charge in [0.15, 0.2) is 0 Å². The van der Waals surface area contributed by atoms with Crippen molar-refractivity contribution >= 4 is 31.9 Å². The summed E-state index contributed by atoms with van der Waals surface area (Å²) in [7, 11) is 0. The molecule has 0 aliphatic heterocycles. The van der Waals surface area contributed by atoms with Gasteiger partial charge in [-0.3, -0.25) is 0 Å². The molecule has 0 N–H and O–H groups in total. The van der Waals surface area contributed by atoms with Crippen molar-refractivity contribution < 1.29 is 0 Å². The molecule has 0 amide bonds. The minimum atomic E-state index is -0.0426. The number of halogens is 2. The molecule has 0 bridgehead atoms. The zero-order valence-corrected chi connectivity index (χ0v) is 13.9. The second-order valence-electron chi connectivity index (χ2n) is 5.04. The van der Waals surface area contributed by atoms with Crippen LogP contribution in [0.1, 0.15) is 25.8 Å². The zero-order valence-electron chi connectivity index (χ0n) is 10.7. The Morgan fingerprint density at radius 3 is 2.39 bits per heavy atom. The normalized spacial score (nSPS) is 27.8. The van der Waals surface area contributed by atoms with E-state index in [2.05, 4.69) is 100 Å². The van der Waals surface area contributed by atoms with Gasteiger partial charge in [-0.15, -0.1) is 0 Å². The van der Waals surface area contributed by atoms with Crippen LogP contribution in [0.5, 0.6) is 0 Å². The second kappa shape index (κ2) is 5.34. The van der Waals surface area contributed by atoms with Crippen molar-refractivity contribution in [3.05, 3.63) is 60.2 Å². The number of benzene rings is 1. The summed E-state index contributed by atoms with van der Waals surface area (Å²) in [5.74, 6) is 0. The second-order valence-corrected chi connectivity index (χ2v) is 7.83. The Balaban J connectivity index is 2.52. The predicted molar refractivity (Wildman–Crippen MR) is 86.7 cm³/mol.